The van der Waals surface area contributed by atoms with Gasteiger partial charge in [-0.1, -0.05) is 59.1 Å². The fourth-order valence-electron chi connectivity index (χ4n) is 2.31. The van der Waals surface area contributed by atoms with Crippen molar-refractivity contribution in [2.24, 2.45) is 0 Å². The fourth-order valence-corrected chi connectivity index (χ4v) is 2.72. The van der Waals surface area contributed by atoms with E-state index in [-0.39, 0.29) is 0 Å². The Morgan fingerprint density at radius 3 is 2.77 bits per heavy atom. The second-order valence-electron chi connectivity index (χ2n) is 5.56. The molecule has 0 saturated heterocycles. The molecule has 0 aliphatic carbocycles. The van der Waals surface area contributed by atoms with E-state index in [2.05, 4.69) is 65.4 Å². The lowest BCUT2D eigenvalue weighted by Crippen LogP contribution is -2.15. The zero-order valence-corrected chi connectivity index (χ0v) is 14.9. The average molecular weight is 362 g/mol. The lowest BCUT2D eigenvalue weighted by atomic mass is 10.1. The summed E-state index contributed by atoms with van der Waals surface area (Å²) in [7, 11) is 0. The Labute approximate surface area is 142 Å². The minimum absolute atomic E-state index is 0.602. The van der Waals surface area contributed by atoms with Crippen LogP contribution >= 0.6 is 15.9 Å². The van der Waals surface area contributed by atoms with Crippen LogP contribution in [0.15, 0.2) is 46.9 Å². The molecule has 2 aromatic carbocycles. The number of benzene rings is 2. The SMILES string of the molecule is CCCCNCc1cc(Br)ccc1OCc1cccc(C)c1. The highest BCUT2D eigenvalue weighted by Gasteiger charge is 2.05. The van der Waals surface area contributed by atoms with Crippen molar-refractivity contribution in [2.45, 2.75) is 39.8 Å². The number of aryl methyl sites for hydroxylation is 1. The molecular formula is C19H24BrNO. The first kappa shape index (κ1) is 17.0. The van der Waals surface area contributed by atoms with Gasteiger partial charge in [-0.25, -0.2) is 0 Å². The van der Waals surface area contributed by atoms with Gasteiger partial charge in [0.25, 0.3) is 0 Å². The number of hydrogen-bond acceptors (Lipinski definition) is 2. The number of unbranched alkanes of at least 4 members (excludes halogenated alkanes) is 1. The smallest absolute Gasteiger partial charge is 0.124 e. The summed E-state index contributed by atoms with van der Waals surface area (Å²) in [5.74, 6) is 0.953. The maximum atomic E-state index is 6.03. The predicted molar refractivity (Wildman–Crippen MR) is 96.3 cm³/mol. The van der Waals surface area contributed by atoms with Crippen LogP contribution in [-0.2, 0) is 13.2 Å². The minimum Gasteiger partial charge on any atom is -0.489 e. The van der Waals surface area contributed by atoms with Crippen LogP contribution in [0.2, 0.25) is 0 Å². The van der Waals surface area contributed by atoms with Crippen LogP contribution in [-0.4, -0.2) is 6.54 Å². The van der Waals surface area contributed by atoms with Crippen LogP contribution in [0.1, 0.15) is 36.5 Å². The highest BCUT2D eigenvalue weighted by atomic mass is 79.9. The van der Waals surface area contributed by atoms with Crippen LogP contribution in [0.5, 0.6) is 5.75 Å². The van der Waals surface area contributed by atoms with Gasteiger partial charge in [0.1, 0.15) is 12.4 Å². The van der Waals surface area contributed by atoms with Crippen molar-refractivity contribution in [3.8, 4) is 5.75 Å². The topological polar surface area (TPSA) is 21.3 Å². The quantitative estimate of drug-likeness (QED) is 0.650. The Balaban J connectivity index is 1.99. The molecule has 0 radical (unpaired) electrons. The van der Waals surface area contributed by atoms with Crippen molar-refractivity contribution >= 4 is 15.9 Å². The molecular weight excluding hydrogens is 338 g/mol. The molecule has 0 atom stereocenters. The second kappa shape index (κ2) is 8.96. The van der Waals surface area contributed by atoms with Gasteiger partial charge in [0.2, 0.25) is 0 Å². The highest BCUT2D eigenvalue weighted by molar-refractivity contribution is 9.10. The summed E-state index contributed by atoms with van der Waals surface area (Å²) in [4.78, 5) is 0. The second-order valence-corrected chi connectivity index (χ2v) is 6.48. The Morgan fingerprint density at radius 1 is 1.14 bits per heavy atom. The molecule has 0 spiro atoms. The zero-order valence-electron chi connectivity index (χ0n) is 13.4. The molecule has 0 amide bonds. The third-order valence-corrected chi connectivity index (χ3v) is 4.02. The molecule has 0 saturated carbocycles. The first-order valence-corrected chi connectivity index (χ1v) is 8.66. The summed E-state index contributed by atoms with van der Waals surface area (Å²) in [6.07, 6.45) is 2.41. The first-order valence-electron chi connectivity index (χ1n) is 7.86. The van der Waals surface area contributed by atoms with Crippen LogP contribution in [0.25, 0.3) is 0 Å². The summed E-state index contributed by atoms with van der Waals surface area (Å²) < 4.78 is 7.12. The molecule has 0 bridgehead atoms. The van der Waals surface area contributed by atoms with Crippen molar-refractivity contribution in [3.05, 3.63) is 63.6 Å². The number of hydrogen-bond donors (Lipinski definition) is 1. The maximum Gasteiger partial charge on any atom is 0.124 e. The molecule has 2 aromatic rings. The van der Waals surface area contributed by atoms with Crippen molar-refractivity contribution in [3.63, 3.8) is 0 Å². The van der Waals surface area contributed by atoms with Gasteiger partial charge in [-0.05, 0) is 43.7 Å². The van der Waals surface area contributed by atoms with Crippen LogP contribution in [0.4, 0.5) is 0 Å². The normalized spacial score (nSPS) is 10.7. The average Bonchev–Trinajstić information content (AvgIpc) is 2.51. The Hall–Kier alpha value is -1.32. The third kappa shape index (κ3) is 5.47. The van der Waals surface area contributed by atoms with E-state index in [1.165, 1.54) is 29.5 Å². The van der Waals surface area contributed by atoms with E-state index < -0.39 is 0 Å². The molecule has 118 valence electrons. The number of rotatable bonds is 8. The van der Waals surface area contributed by atoms with E-state index in [0.29, 0.717) is 6.61 Å². The summed E-state index contributed by atoms with van der Waals surface area (Å²) in [6, 6.07) is 14.6. The summed E-state index contributed by atoms with van der Waals surface area (Å²) in [5.41, 5.74) is 3.66. The fraction of sp³-hybridized carbons (Fsp3) is 0.368. The standard InChI is InChI=1S/C19H24BrNO/c1-3-4-10-21-13-17-12-18(20)8-9-19(17)22-14-16-7-5-6-15(2)11-16/h5-9,11-12,21H,3-4,10,13-14H2,1-2H3. The lowest BCUT2D eigenvalue weighted by molar-refractivity contribution is 0.302. The maximum absolute atomic E-state index is 6.03. The van der Waals surface area contributed by atoms with Gasteiger partial charge in [-0.3, -0.25) is 0 Å². The molecule has 0 aliphatic rings. The molecule has 0 heterocycles. The Bertz CT molecular complexity index is 598. The van der Waals surface area contributed by atoms with Crippen molar-refractivity contribution in [1.29, 1.82) is 0 Å². The molecule has 0 aliphatic heterocycles. The molecule has 2 nitrogen and oxygen atoms in total. The number of halogens is 1. The van der Waals surface area contributed by atoms with E-state index in [1.807, 2.05) is 12.1 Å². The molecule has 0 fully saturated rings. The van der Waals surface area contributed by atoms with Gasteiger partial charge in [-0.2, -0.15) is 0 Å². The van der Waals surface area contributed by atoms with Gasteiger partial charge < -0.3 is 10.1 Å². The van der Waals surface area contributed by atoms with Crippen molar-refractivity contribution in [2.75, 3.05) is 6.54 Å². The summed E-state index contributed by atoms with van der Waals surface area (Å²) in [5, 5.41) is 3.48. The molecule has 2 rings (SSSR count). The van der Waals surface area contributed by atoms with E-state index in [0.717, 1.165) is 23.3 Å². The lowest BCUT2D eigenvalue weighted by Gasteiger charge is -2.13. The molecule has 3 heteroatoms. The number of ether oxygens (including phenoxy) is 1. The van der Waals surface area contributed by atoms with Crippen molar-refractivity contribution in [1.82, 2.24) is 5.32 Å². The Kier molecular flexibility index (Phi) is 6.94. The highest BCUT2D eigenvalue weighted by Crippen LogP contribution is 2.24. The van der Waals surface area contributed by atoms with Gasteiger partial charge >= 0.3 is 0 Å². The molecule has 22 heavy (non-hydrogen) atoms. The van der Waals surface area contributed by atoms with Gasteiger partial charge in [-0.15, -0.1) is 0 Å². The van der Waals surface area contributed by atoms with Crippen LogP contribution in [0.3, 0.4) is 0 Å². The molecule has 1 N–H and O–H groups in total. The minimum atomic E-state index is 0.602. The monoisotopic (exact) mass is 361 g/mol. The van der Waals surface area contributed by atoms with Gasteiger partial charge in [0.05, 0.1) is 0 Å². The van der Waals surface area contributed by atoms with E-state index in [1.54, 1.807) is 0 Å². The first-order chi connectivity index (χ1) is 10.7. The van der Waals surface area contributed by atoms with E-state index in [9.17, 15) is 0 Å². The largest absolute Gasteiger partial charge is 0.489 e. The predicted octanol–water partition coefficient (Wildman–Crippen LogP) is 5.23. The third-order valence-electron chi connectivity index (χ3n) is 3.52. The van der Waals surface area contributed by atoms with Crippen molar-refractivity contribution < 1.29 is 4.74 Å². The van der Waals surface area contributed by atoms with E-state index >= 15 is 0 Å². The van der Waals surface area contributed by atoms with Crippen LogP contribution < -0.4 is 10.1 Å². The van der Waals surface area contributed by atoms with Crippen LogP contribution in [0, 0.1) is 6.92 Å². The molecule has 0 unspecified atom stereocenters. The Morgan fingerprint density at radius 2 is 2.00 bits per heavy atom. The van der Waals surface area contributed by atoms with Gasteiger partial charge in [0, 0.05) is 16.6 Å². The molecule has 0 aromatic heterocycles. The zero-order chi connectivity index (χ0) is 15.8. The number of nitrogens with one attached hydrogen (secondary N) is 1. The van der Waals surface area contributed by atoms with E-state index in [4.69, 9.17) is 4.74 Å². The van der Waals surface area contributed by atoms with Gasteiger partial charge in [0.15, 0.2) is 0 Å². The summed E-state index contributed by atoms with van der Waals surface area (Å²) in [6.45, 7) is 6.79. The summed E-state index contributed by atoms with van der Waals surface area (Å²) >= 11 is 3.54.